The van der Waals surface area contributed by atoms with Gasteiger partial charge in [0, 0.05) is 0 Å². The van der Waals surface area contributed by atoms with E-state index in [1.54, 1.807) is 0 Å². The zero-order chi connectivity index (χ0) is 19.3. The van der Waals surface area contributed by atoms with E-state index in [4.69, 9.17) is 0 Å². The zero-order valence-corrected chi connectivity index (χ0v) is 21.8. The molecule has 166 valence electrons. The van der Waals surface area contributed by atoms with E-state index < -0.39 is 0 Å². The van der Waals surface area contributed by atoms with E-state index >= 15 is 0 Å². The van der Waals surface area contributed by atoms with Gasteiger partial charge in [-0.3, -0.25) is 0 Å². The lowest BCUT2D eigenvalue weighted by Gasteiger charge is -2.39. The second-order valence-electron chi connectivity index (χ2n) is 8.83. The van der Waals surface area contributed by atoms with Crippen LogP contribution in [0.2, 0.25) is 0 Å². The van der Waals surface area contributed by atoms with Crippen molar-refractivity contribution in [2.75, 3.05) is 26.2 Å². The minimum atomic E-state index is 0. The average molecular weight is 496 g/mol. The third-order valence-corrected chi connectivity index (χ3v) is 6.19. The van der Waals surface area contributed by atoms with Crippen LogP contribution in [0.3, 0.4) is 0 Å². The van der Waals surface area contributed by atoms with Crippen molar-refractivity contribution in [3.05, 3.63) is 0 Å². The molecule has 0 aromatic rings. The van der Waals surface area contributed by atoms with Crippen molar-refractivity contribution in [2.24, 2.45) is 0 Å². The summed E-state index contributed by atoms with van der Waals surface area (Å²) in [5, 5.41) is 0. The first-order valence-electron chi connectivity index (χ1n) is 12.6. The van der Waals surface area contributed by atoms with Crippen LogP contribution in [0.25, 0.3) is 0 Å². The fraction of sp³-hybridized carbons (Fsp3) is 1.00. The van der Waals surface area contributed by atoms with Gasteiger partial charge in [0.15, 0.2) is 0 Å². The van der Waals surface area contributed by atoms with E-state index in [1.807, 2.05) is 0 Å². The molecule has 0 atom stereocenters. The number of halogens is 1. The van der Waals surface area contributed by atoms with E-state index in [-0.39, 0.29) is 24.0 Å². The molecule has 0 spiro atoms. The molecule has 2 heteroatoms. The van der Waals surface area contributed by atoms with Gasteiger partial charge >= 0.3 is 0 Å². The molecular formula is C25H54IN. The summed E-state index contributed by atoms with van der Waals surface area (Å²) in [5.41, 5.74) is 0. The number of quaternary nitrogens is 1. The van der Waals surface area contributed by atoms with Gasteiger partial charge < -0.3 is 28.5 Å². The highest BCUT2D eigenvalue weighted by Crippen LogP contribution is 2.19. The Bertz CT molecular complexity index is 241. The van der Waals surface area contributed by atoms with E-state index in [0.717, 1.165) is 0 Å². The molecule has 0 heterocycles. The summed E-state index contributed by atoms with van der Waals surface area (Å²) >= 11 is 0. The van der Waals surface area contributed by atoms with Crippen molar-refractivity contribution in [2.45, 2.75) is 137 Å². The fourth-order valence-corrected chi connectivity index (χ4v) is 4.34. The van der Waals surface area contributed by atoms with Gasteiger partial charge in [0.05, 0.1) is 26.2 Å². The molecule has 1 nitrogen and oxygen atoms in total. The first kappa shape index (κ1) is 29.9. The highest BCUT2D eigenvalue weighted by atomic mass is 127. The standard InChI is InChI=1S/C25H54N.HI/c1-5-9-13-14-15-16-17-21-25-26(22-18-10-6-2,23-19-11-7-3)24-20-12-8-4;/h5-25H2,1-4H3;1H/q+1;/p-1. The molecule has 27 heavy (non-hydrogen) atoms. The molecule has 0 aromatic carbocycles. The number of nitrogens with zero attached hydrogens (tertiary/aromatic N) is 1. The Morgan fingerprint density at radius 3 is 0.889 bits per heavy atom. The largest absolute Gasteiger partial charge is 1.00 e. The molecule has 0 amide bonds. The maximum atomic E-state index is 2.35. The van der Waals surface area contributed by atoms with Crippen LogP contribution in [0.5, 0.6) is 0 Å². The molecular weight excluding hydrogens is 441 g/mol. The molecule has 0 saturated carbocycles. The van der Waals surface area contributed by atoms with Gasteiger partial charge in [-0.25, -0.2) is 0 Å². The highest BCUT2D eigenvalue weighted by molar-refractivity contribution is 4.53. The number of hydrogen-bond donors (Lipinski definition) is 0. The Labute approximate surface area is 191 Å². The van der Waals surface area contributed by atoms with Crippen molar-refractivity contribution in [1.29, 1.82) is 0 Å². The lowest BCUT2D eigenvalue weighted by atomic mass is 10.1. The van der Waals surface area contributed by atoms with Crippen LogP contribution in [0.4, 0.5) is 0 Å². The van der Waals surface area contributed by atoms with Gasteiger partial charge in [-0.15, -0.1) is 0 Å². The smallest absolute Gasteiger partial charge is 0.0786 e. The van der Waals surface area contributed by atoms with Gasteiger partial charge in [0.1, 0.15) is 0 Å². The predicted octanol–water partition coefficient (Wildman–Crippen LogP) is 5.52. The molecule has 0 aromatic heterocycles. The van der Waals surface area contributed by atoms with Crippen LogP contribution >= 0.6 is 0 Å². The van der Waals surface area contributed by atoms with Crippen LogP contribution < -0.4 is 24.0 Å². The van der Waals surface area contributed by atoms with Crippen molar-refractivity contribution in [3.63, 3.8) is 0 Å². The molecule has 0 saturated heterocycles. The quantitative estimate of drug-likeness (QED) is 0.112. The lowest BCUT2D eigenvalue weighted by molar-refractivity contribution is -0.929. The Hall–Kier alpha value is 0.690. The van der Waals surface area contributed by atoms with Gasteiger partial charge in [-0.1, -0.05) is 85.5 Å². The van der Waals surface area contributed by atoms with Crippen molar-refractivity contribution in [3.8, 4) is 0 Å². The van der Waals surface area contributed by atoms with Crippen LogP contribution in [0, 0.1) is 0 Å². The van der Waals surface area contributed by atoms with Crippen LogP contribution in [0.1, 0.15) is 137 Å². The maximum Gasteiger partial charge on any atom is 0.0786 e. The molecule has 0 aliphatic rings. The predicted molar refractivity (Wildman–Crippen MR) is 121 cm³/mol. The Morgan fingerprint density at radius 2 is 0.556 bits per heavy atom. The molecule has 0 rings (SSSR count). The third kappa shape index (κ3) is 18.5. The molecule has 0 aliphatic heterocycles. The zero-order valence-electron chi connectivity index (χ0n) is 19.7. The normalized spacial score (nSPS) is 11.6. The first-order chi connectivity index (χ1) is 12.7. The van der Waals surface area contributed by atoms with E-state index in [1.165, 1.54) is 140 Å². The van der Waals surface area contributed by atoms with Crippen molar-refractivity contribution in [1.82, 2.24) is 0 Å². The Balaban J connectivity index is 0. The average Bonchev–Trinajstić information content (AvgIpc) is 2.64. The highest BCUT2D eigenvalue weighted by Gasteiger charge is 2.25. The molecule has 0 fully saturated rings. The topological polar surface area (TPSA) is 0 Å². The number of hydrogen-bond acceptors (Lipinski definition) is 0. The summed E-state index contributed by atoms with van der Waals surface area (Å²) in [6.45, 7) is 15.2. The fourth-order valence-electron chi connectivity index (χ4n) is 4.34. The van der Waals surface area contributed by atoms with Crippen LogP contribution in [0.15, 0.2) is 0 Å². The minimum Gasteiger partial charge on any atom is -1.00 e. The first-order valence-corrected chi connectivity index (χ1v) is 12.6. The van der Waals surface area contributed by atoms with E-state index in [0.29, 0.717) is 0 Å². The van der Waals surface area contributed by atoms with E-state index in [9.17, 15) is 0 Å². The number of unbranched alkanes of at least 4 members (excludes halogenated alkanes) is 13. The second-order valence-corrected chi connectivity index (χ2v) is 8.83. The molecule has 0 unspecified atom stereocenters. The lowest BCUT2D eigenvalue weighted by Crippen LogP contribution is -3.00. The van der Waals surface area contributed by atoms with Gasteiger partial charge in [0.25, 0.3) is 0 Å². The van der Waals surface area contributed by atoms with Crippen molar-refractivity contribution < 1.29 is 28.5 Å². The molecule has 0 radical (unpaired) electrons. The Morgan fingerprint density at radius 1 is 0.333 bits per heavy atom. The summed E-state index contributed by atoms with van der Waals surface area (Å²) in [6.07, 6.45) is 24.4. The van der Waals surface area contributed by atoms with Gasteiger partial charge in [-0.05, 0) is 51.4 Å². The van der Waals surface area contributed by atoms with Gasteiger partial charge in [-0.2, -0.15) is 0 Å². The monoisotopic (exact) mass is 495 g/mol. The SMILES string of the molecule is CCCCCCCCCC[N+](CCCCC)(CCCCC)CCCCC.[I-]. The number of rotatable bonds is 21. The maximum absolute atomic E-state index is 2.35. The van der Waals surface area contributed by atoms with Crippen molar-refractivity contribution >= 4 is 0 Å². The molecule has 0 bridgehead atoms. The summed E-state index contributed by atoms with van der Waals surface area (Å²) in [6, 6.07) is 0. The summed E-state index contributed by atoms with van der Waals surface area (Å²) in [7, 11) is 0. The van der Waals surface area contributed by atoms with Crippen LogP contribution in [-0.2, 0) is 0 Å². The minimum absolute atomic E-state index is 0. The summed E-state index contributed by atoms with van der Waals surface area (Å²) in [4.78, 5) is 0. The Kier molecular flexibility index (Phi) is 25.4. The van der Waals surface area contributed by atoms with E-state index in [2.05, 4.69) is 27.7 Å². The summed E-state index contributed by atoms with van der Waals surface area (Å²) in [5.74, 6) is 0. The third-order valence-electron chi connectivity index (χ3n) is 6.19. The van der Waals surface area contributed by atoms with Gasteiger partial charge in [0.2, 0.25) is 0 Å². The molecule has 0 aliphatic carbocycles. The van der Waals surface area contributed by atoms with Crippen LogP contribution in [-0.4, -0.2) is 30.7 Å². The molecule has 0 N–H and O–H groups in total. The summed E-state index contributed by atoms with van der Waals surface area (Å²) < 4.78 is 1.45. The second kappa shape index (κ2) is 23.0.